The van der Waals surface area contributed by atoms with Crippen LogP contribution in [0.25, 0.3) is 0 Å². The number of hydrogen-bond donors (Lipinski definition) is 3. The Morgan fingerprint density at radius 3 is 2.64 bits per heavy atom. The zero-order valence-electron chi connectivity index (χ0n) is 8.49. The van der Waals surface area contributed by atoms with Gasteiger partial charge < -0.3 is 15.5 Å². The van der Waals surface area contributed by atoms with E-state index in [2.05, 4.69) is 10.3 Å². The molecule has 78 valence electrons. The minimum Gasteiger partial charge on any atom is -0.506 e. The molecule has 0 saturated carbocycles. The highest BCUT2D eigenvalue weighted by Crippen LogP contribution is 2.05. The summed E-state index contributed by atoms with van der Waals surface area (Å²) in [6, 6.07) is 3.33. The summed E-state index contributed by atoms with van der Waals surface area (Å²) in [5, 5.41) is 21.5. The highest BCUT2D eigenvalue weighted by molar-refractivity contribution is 5.17. The van der Waals surface area contributed by atoms with E-state index in [0.717, 1.165) is 5.69 Å². The zero-order chi connectivity index (χ0) is 10.6. The van der Waals surface area contributed by atoms with Crippen LogP contribution in [0.5, 0.6) is 5.75 Å². The first-order valence-corrected chi connectivity index (χ1v) is 4.54. The summed E-state index contributed by atoms with van der Waals surface area (Å²) in [5.41, 5.74) is 0.128. The Morgan fingerprint density at radius 2 is 2.14 bits per heavy atom. The molecule has 4 nitrogen and oxygen atoms in total. The molecule has 0 radical (unpaired) electrons. The van der Waals surface area contributed by atoms with Gasteiger partial charge in [-0.1, -0.05) is 0 Å². The van der Waals surface area contributed by atoms with E-state index in [1.165, 1.54) is 6.20 Å². The van der Waals surface area contributed by atoms with Gasteiger partial charge in [-0.15, -0.1) is 0 Å². The van der Waals surface area contributed by atoms with E-state index in [4.69, 9.17) is 5.11 Å². The summed E-state index contributed by atoms with van der Waals surface area (Å²) in [6.07, 6.45) is 1.40. The summed E-state index contributed by atoms with van der Waals surface area (Å²) in [7, 11) is 0. The quantitative estimate of drug-likeness (QED) is 0.661. The highest BCUT2D eigenvalue weighted by atomic mass is 16.3. The van der Waals surface area contributed by atoms with E-state index in [9.17, 15) is 5.11 Å². The van der Waals surface area contributed by atoms with Crippen LogP contribution in [0.2, 0.25) is 0 Å². The molecule has 14 heavy (non-hydrogen) atoms. The topological polar surface area (TPSA) is 65.4 Å². The second kappa shape index (κ2) is 4.39. The molecule has 0 spiro atoms. The lowest BCUT2D eigenvalue weighted by Gasteiger charge is -2.17. The maximum Gasteiger partial charge on any atom is 0.133 e. The van der Waals surface area contributed by atoms with E-state index < -0.39 is 5.60 Å². The van der Waals surface area contributed by atoms with Crippen LogP contribution in [0.15, 0.2) is 18.3 Å². The van der Waals surface area contributed by atoms with Gasteiger partial charge in [0, 0.05) is 13.1 Å². The third-order valence-electron chi connectivity index (χ3n) is 1.67. The predicted molar refractivity (Wildman–Crippen MR) is 53.9 cm³/mol. The fourth-order valence-electron chi connectivity index (χ4n) is 1.02. The first-order valence-electron chi connectivity index (χ1n) is 4.54. The average molecular weight is 196 g/mol. The summed E-state index contributed by atoms with van der Waals surface area (Å²) in [4.78, 5) is 4.00. The van der Waals surface area contributed by atoms with Crippen molar-refractivity contribution in [2.75, 3.05) is 6.54 Å². The highest BCUT2D eigenvalue weighted by Gasteiger charge is 2.10. The first kappa shape index (κ1) is 10.9. The number of aromatic nitrogens is 1. The second-order valence-corrected chi connectivity index (χ2v) is 3.92. The molecule has 0 bridgehead atoms. The molecular formula is C10H16N2O2. The van der Waals surface area contributed by atoms with E-state index in [1.807, 2.05) is 0 Å². The monoisotopic (exact) mass is 196 g/mol. The Labute approximate surface area is 83.6 Å². The van der Waals surface area contributed by atoms with Gasteiger partial charge in [0.15, 0.2) is 0 Å². The Hall–Kier alpha value is -1.13. The van der Waals surface area contributed by atoms with Gasteiger partial charge in [0.2, 0.25) is 0 Å². The Kier molecular flexibility index (Phi) is 3.43. The number of aromatic hydroxyl groups is 1. The van der Waals surface area contributed by atoms with Crippen molar-refractivity contribution < 1.29 is 10.2 Å². The van der Waals surface area contributed by atoms with Crippen molar-refractivity contribution in [2.45, 2.75) is 26.0 Å². The lowest BCUT2D eigenvalue weighted by Crippen LogP contribution is -2.34. The number of pyridine rings is 1. The molecule has 0 aliphatic carbocycles. The number of nitrogens with one attached hydrogen (secondary N) is 1. The van der Waals surface area contributed by atoms with Crippen LogP contribution in [-0.2, 0) is 6.54 Å². The van der Waals surface area contributed by atoms with Gasteiger partial charge in [-0.2, -0.15) is 0 Å². The normalized spacial score (nSPS) is 11.6. The molecule has 3 N–H and O–H groups in total. The molecule has 4 heteroatoms. The molecular weight excluding hydrogens is 180 g/mol. The van der Waals surface area contributed by atoms with E-state index in [1.54, 1.807) is 26.0 Å². The molecule has 1 aromatic rings. The number of hydrogen-bond acceptors (Lipinski definition) is 4. The predicted octanol–water partition coefficient (Wildman–Crippen LogP) is 0.648. The molecule has 0 aromatic carbocycles. The smallest absolute Gasteiger partial charge is 0.133 e. The van der Waals surface area contributed by atoms with Gasteiger partial charge in [0.25, 0.3) is 0 Å². The van der Waals surface area contributed by atoms with E-state index >= 15 is 0 Å². The van der Waals surface area contributed by atoms with Crippen molar-refractivity contribution in [3.8, 4) is 5.75 Å². The van der Waals surface area contributed by atoms with Crippen molar-refractivity contribution in [1.29, 1.82) is 0 Å². The maximum atomic E-state index is 9.42. The standard InChI is InChI=1S/C10H16N2O2/c1-10(2,14)7-11-5-8-3-4-9(13)6-12-8/h3-4,6,11,13-14H,5,7H2,1-2H3. The zero-order valence-corrected chi connectivity index (χ0v) is 8.49. The lowest BCUT2D eigenvalue weighted by atomic mass is 10.1. The molecule has 0 atom stereocenters. The van der Waals surface area contributed by atoms with Gasteiger partial charge in [0.1, 0.15) is 5.75 Å². The number of aliphatic hydroxyl groups is 1. The molecule has 1 heterocycles. The molecule has 1 aromatic heterocycles. The van der Waals surface area contributed by atoms with Crippen LogP contribution in [-0.4, -0.2) is 27.3 Å². The largest absolute Gasteiger partial charge is 0.506 e. The van der Waals surface area contributed by atoms with Crippen LogP contribution in [0.1, 0.15) is 19.5 Å². The first-order chi connectivity index (χ1) is 6.47. The second-order valence-electron chi connectivity index (χ2n) is 3.92. The lowest BCUT2D eigenvalue weighted by molar-refractivity contribution is 0.0794. The molecule has 0 saturated heterocycles. The fraction of sp³-hybridized carbons (Fsp3) is 0.500. The van der Waals surface area contributed by atoms with Crippen molar-refractivity contribution in [3.05, 3.63) is 24.0 Å². The number of rotatable bonds is 4. The van der Waals surface area contributed by atoms with Crippen LogP contribution in [0, 0.1) is 0 Å². The van der Waals surface area contributed by atoms with E-state index in [-0.39, 0.29) is 5.75 Å². The SMILES string of the molecule is CC(C)(O)CNCc1ccc(O)cn1. The van der Waals surface area contributed by atoms with Gasteiger partial charge in [-0.3, -0.25) is 4.98 Å². The molecule has 1 rings (SSSR count). The fourth-order valence-corrected chi connectivity index (χ4v) is 1.02. The van der Waals surface area contributed by atoms with Crippen molar-refractivity contribution in [2.24, 2.45) is 0 Å². The molecule has 0 unspecified atom stereocenters. The van der Waals surface area contributed by atoms with Crippen LogP contribution >= 0.6 is 0 Å². The summed E-state index contributed by atoms with van der Waals surface area (Å²) in [5.74, 6) is 0.163. The van der Waals surface area contributed by atoms with Crippen LogP contribution in [0.4, 0.5) is 0 Å². The Balaban J connectivity index is 2.35. The Morgan fingerprint density at radius 1 is 1.43 bits per heavy atom. The van der Waals surface area contributed by atoms with Crippen molar-refractivity contribution >= 4 is 0 Å². The summed E-state index contributed by atoms with van der Waals surface area (Å²) < 4.78 is 0. The van der Waals surface area contributed by atoms with Gasteiger partial charge in [-0.25, -0.2) is 0 Å². The summed E-state index contributed by atoms with van der Waals surface area (Å²) in [6.45, 7) is 4.58. The number of nitrogens with zero attached hydrogens (tertiary/aromatic N) is 1. The maximum absolute atomic E-state index is 9.42. The van der Waals surface area contributed by atoms with Crippen molar-refractivity contribution in [1.82, 2.24) is 10.3 Å². The van der Waals surface area contributed by atoms with Gasteiger partial charge >= 0.3 is 0 Å². The van der Waals surface area contributed by atoms with Crippen molar-refractivity contribution in [3.63, 3.8) is 0 Å². The van der Waals surface area contributed by atoms with Crippen LogP contribution < -0.4 is 5.32 Å². The van der Waals surface area contributed by atoms with E-state index in [0.29, 0.717) is 13.1 Å². The molecule has 0 aliphatic heterocycles. The van der Waals surface area contributed by atoms with Gasteiger partial charge in [0.05, 0.1) is 17.5 Å². The molecule has 0 aliphatic rings. The third-order valence-corrected chi connectivity index (χ3v) is 1.67. The average Bonchev–Trinajstić information content (AvgIpc) is 2.06. The van der Waals surface area contributed by atoms with Gasteiger partial charge in [-0.05, 0) is 26.0 Å². The van der Waals surface area contributed by atoms with Crippen LogP contribution in [0.3, 0.4) is 0 Å². The molecule has 0 fully saturated rings. The minimum absolute atomic E-state index is 0.163. The third kappa shape index (κ3) is 4.20. The summed E-state index contributed by atoms with van der Waals surface area (Å²) >= 11 is 0. The molecule has 0 amide bonds. The Bertz CT molecular complexity index is 277. The minimum atomic E-state index is -0.711.